The first-order valence-corrected chi connectivity index (χ1v) is 2.64. The summed E-state index contributed by atoms with van der Waals surface area (Å²) < 4.78 is 8.82. The molecule has 0 unspecified atom stereocenters. The molecular weight excluding hydrogens is 125 g/mol. The van der Waals surface area contributed by atoms with Crippen molar-refractivity contribution >= 4 is 36.7 Å². The van der Waals surface area contributed by atoms with Crippen LogP contribution < -0.4 is 0 Å². The fourth-order valence-electron chi connectivity index (χ4n) is 0. The molecule has 0 atom stereocenters. The zero-order chi connectivity index (χ0) is 2.71. The summed E-state index contributed by atoms with van der Waals surface area (Å²) in [6.45, 7) is 0. The van der Waals surface area contributed by atoms with Gasteiger partial charge in [-0.15, -0.1) is 0 Å². The minimum absolute atomic E-state index is 0. The van der Waals surface area contributed by atoms with Crippen molar-refractivity contribution in [3.05, 3.63) is 0 Å². The van der Waals surface area contributed by atoms with Gasteiger partial charge in [0, 0.05) is 0 Å². The van der Waals surface area contributed by atoms with E-state index in [-0.39, 0.29) is 36.7 Å². The van der Waals surface area contributed by atoms with E-state index in [4.69, 9.17) is 4.57 Å². The molecule has 0 aliphatic rings. The third kappa shape index (κ3) is 9.47. The molecule has 0 saturated carbocycles. The fraction of sp³-hybridized carbons (Fsp3) is 0. The Morgan fingerprint density at radius 3 is 1.75 bits per heavy atom. The monoisotopic (exact) mass is 126 g/mol. The summed E-state index contributed by atoms with van der Waals surface area (Å²) in [6, 6.07) is 0. The Bertz CT molecular complexity index is 15.5. The molecule has 4 heteroatoms. The van der Waals surface area contributed by atoms with Crippen LogP contribution in [0.4, 0.5) is 0 Å². The van der Waals surface area contributed by atoms with Crippen LogP contribution in [0.3, 0.4) is 0 Å². The molecule has 0 bridgehead atoms. The quantitative estimate of drug-likeness (QED) is 0.332. The Morgan fingerprint density at radius 1 is 1.75 bits per heavy atom. The zero-order valence-corrected chi connectivity index (χ0v) is 3.31. The van der Waals surface area contributed by atoms with Crippen LogP contribution in [0.15, 0.2) is 0 Å². The molecule has 0 N–H and O–H groups in total. The number of rotatable bonds is 0. The van der Waals surface area contributed by atoms with Crippen LogP contribution >= 0.6 is 7.15 Å². The van der Waals surface area contributed by atoms with Gasteiger partial charge < -0.3 is 0 Å². The molecule has 0 radical (unpaired) electrons. The van der Waals surface area contributed by atoms with Gasteiger partial charge in [-0.2, -0.15) is 0 Å². The summed E-state index contributed by atoms with van der Waals surface area (Å²) in [7, 11) is -0.0208. The third-order valence-electron chi connectivity index (χ3n) is 0. The van der Waals surface area contributed by atoms with Crippen molar-refractivity contribution in [3.8, 4) is 0 Å². The zero-order valence-electron chi connectivity index (χ0n) is 1.23. The molecule has 0 aliphatic heterocycles. The van der Waals surface area contributed by atoms with Gasteiger partial charge in [-0.05, 0) is 0 Å². The molecule has 0 aromatic heterocycles. The molecule has 0 rings (SSSR count). The van der Waals surface area contributed by atoms with Crippen molar-refractivity contribution in [3.63, 3.8) is 0 Å². The summed E-state index contributed by atoms with van der Waals surface area (Å²) in [5, 5.41) is 0. The van der Waals surface area contributed by atoms with Crippen molar-refractivity contribution < 1.29 is 20.1 Å². The Labute approximate surface area is 56.5 Å². The molecule has 1 nitrogen and oxygen atoms in total. The van der Waals surface area contributed by atoms with Gasteiger partial charge >= 0.3 is 56.8 Å². The standard InChI is InChI=1S/Mn.Na.OP.H/c;;1-2;/q+1;;-1;. The summed E-state index contributed by atoms with van der Waals surface area (Å²) in [5.41, 5.74) is 0. The second kappa shape index (κ2) is 8.82. The van der Waals surface area contributed by atoms with Gasteiger partial charge in [0.2, 0.25) is 0 Å². The van der Waals surface area contributed by atoms with Gasteiger partial charge in [0.25, 0.3) is 0 Å². The van der Waals surface area contributed by atoms with Crippen LogP contribution in [0, 0.1) is 0 Å². The van der Waals surface area contributed by atoms with Gasteiger partial charge in [-0.1, -0.05) is 0 Å². The van der Waals surface area contributed by atoms with Crippen molar-refractivity contribution in [1.29, 1.82) is 0 Å². The van der Waals surface area contributed by atoms with E-state index in [1.807, 2.05) is 0 Å². The Hall–Kier alpha value is 1.62. The van der Waals surface area contributed by atoms with Gasteiger partial charge in [-0.3, -0.25) is 0 Å². The fourth-order valence-corrected chi connectivity index (χ4v) is 0. The third-order valence-corrected chi connectivity index (χ3v) is 0. The summed E-state index contributed by atoms with van der Waals surface area (Å²) >= 11 is 2.56. The van der Waals surface area contributed by atoms with E-state index >= 15 is 0 Å². The SMILES string of the molecule is O=[P][Mn].[NaH]. The molecule has 0 saturated heterocycles. The summed E-state index contributed by atoms with van der Waals surface area (Å²) in [4.78, 5) is 0. The topological polar surface area (TPSA) is 17.1 Å². The molecule has 0 aliphatic carbocycles. The van der Waals surface area contributed by atoms with E-state index in [0.29, 0.717) is 0 Å². The van der Waals surface area contributed by atoms with Gasteiger partial charge in [0.15, 0.2) is 0 Å². The molecule has 20 valence electrons. The van der Waals surface area contributed by atoms with Crippen LogP contribution in [-0.2, 0) is 20.1 Å². The van der Waals surface area contributed by atoms with Crippen molar-refractivity contribution in [2.75, 3.05) is 0 Å². The molecule has 4 heavy (non-hydrogen) atoms. The normalized spacial score (nSPS) is 5.25. The van der Waals surface area contributed by atoms with Gasteiger partial charge in [-0.25, -0.2) is 0 Å². The maximum atomic E-state index is 8.82. The second-order valence-electron chi connectivity index (χ2n) is 0.0690. The van der Waals surface area contributed by atoms with E-state index in [9.17, 15) is 0 Å². The van der Waals surface area contributed by atoms with Crippen LogP contribution in [0.2, 0.25) is 0 Å². The molecule has 0 aromatic rings. The van der Waals surface area contributed by atoms with E-state index in [0.717, 1.165) is 0 Å². The van der Waals surface area contributed by atoms with Crippen molar-refractivity contribution in [2.45, 2.75) is 0 Å². The van der Waals surface area contributed by atoms with Crippen LogP contribution in [0.1, 0.15) is 0 Å². The Balaban J connectivity index is 0. The minimum atomic E-state index is -0.0208. The number of hydrogen-bond acceptors (Lipinski definition) is 1. The molecular formula is HMnNaOP. The average Bonchev–Trinajstić information content (AvgIpc) is 0.918. The Kier molecular flexibility index (Phi) is 20.2. The van der Waals surface area contributed by atoms with E-state index < -0.39 is 0 Å². The first kappa shape index (κ1) is 9.15. The van der Waals surface area contributed by atoms with Crippen molar-refractivity contribution in [1.82, 2.24) is 0 Å². The second-order valence-corrected chi connectivity index (χ2v) is 0.854. The molecule has 0 amide bonds. The van der Waals surface area contributed by atoms with Gasteiger partial charge in [0.05, 0.1) is 0 Å². The average molecular weight is 126 g/mol. The van der Waals surface area contributed by atoms with Crippen LogP contribution in [-0.4, -0.2) is 29.6 Å². The van der Waals surface area contributed by atoms with Crippen LogP contribution in [0.25, 0.3) is 0 Å². The van der Waals surface area contributed by atoms with E-state index in [1.54, 1.807) is 0 Å². The molecule has 0 fully saturated rings. The van der Waals surface area contributed by atoms with Gasteiger partial charge in [0.1, 0.15) is 0 Å². The molecule has 0 spiro atoms. The molecule has 0 aromatic carbocycles. The number of hydrogen-bond donors (Lipinski definition) is 0. The van der Waals surface area contributed by atoms with Crippen molar-refractivity contribution in [2.24, 2.45) is 0 Å². The first-order valence-electron chi connectivity index (χ1n) is 0.352. The Morgan fingerprint density at radius 2 is 1.75 bits per heavy atom. The summed E-state index contributed by atoms with van der Waals surface area (Å²) in [5.74, 6) is 0. The maximum absolute atomic E-state index is 8.82. The predicted molar refractivity (Wildman–Crippen MR) is 14.8 cm³/mol. The predicted octanol–water partition coefficient (Wildman–Crippen LogP) is 0.0914. The summed E-state index contributed by atoms with van der Waals surface area (Å²) in [6.07, 6.45) is 0. The van der Waals surface area contributed by atoms with E-state index in [1.165, 1.54) is 0 Å². The molecule has 0 heterocycles. The van der Waals surface area contributed by atoms with Crippen LogP contribution in [0.5, 0.6) is 0 Å². The van der Waals surface area contributed by atoms with E-state index in [2.05, 4.69) is 15.6 Å². The first-order chi connectivity index (χ1) is 1.41.